The second-order valence-electron chi connectivity index (χ2n) is 6.45. The lowest BCUT2D eigenvalue weighted by molar-refractivity contribution is 0.148. The Morgan fingerprint density at radius 1 is 1.08 bits per heavy atom. The predicted octanol–water partition coefficient (Wildman–Crippen LogP) is 3.63. The summed E-state index contributed by atoms with van der Waals surface area (Å²) in [6.07, 6.45) is 1.76. The van der Waals surface area contributed by atoms with Gasteiger partial charge in [0.05, 0.1) is 11.2 Å². The number of rotatable bonds is 3. The summed E-state index contributed by atoms with van der Waals surface area (Å²) in [6.45, 7) is 5.26. The van der Waals surface area contributed by atoms with Gasteiger partial charge in [-0.15, -0.1) is 0 Å². The normalized spacial score (nSPS) is 16.8. The number of hydrogen-bond acceptors (Lipinski definition) is 3. The number of aromatic nitrogens is 2. The average molecular weight is 341 g/mol. The molecule has 5 heteroatoms. The Labute approximate surface area is 147 Å². The summed E-state index contributed by atoms with van der Waals surface area (Å²) >= 11 is 6.45. The van der Waals surface area contributed by atoms with Gasteiger partial charge in [0.2, 0.25) is 0 Å². The Morgan fingerprint density at radius 3 is 2.58 bits per heavy atom. The number of nitrogens with one attached hydrogen (secondary N) is 1. The first-order chi connectivity index (χ1) is 11.7. The Kier molecular flexibility index (Phi) is 4.27. The zero-order valence-corrected chi connectivity index (χ0v) is 14.6. The highest BCUT2D eigenvalue weighted by molar-refractivity contribution is 6.34. The molecule has 3 heterocycles. The highest BCUT2D eigenvalue weighted by atomic mass is 35.5. The molecule has 1 aliphatic rings. The van der Waals surface area contributed by atoms with Crippen LogP contribution >= 0.6 is 11.6 Å². The third kappa shape index (κ3) is 2.93. The minimum atomic E-state index is 0.579. The Balaban J connectivity index is 1.79. The molecule has 0 spiro atoms. The number of fused-ring (bicyclic) bond motifs is 1. The largest absolute Gasteiger partial charge is 0.354 e. The van der Waals surface area contributed by atoms with Crippen molar-refractivity contribution in [3.63, 3.8) is 0 Å². The van der Waals surface area contributed by atoms with Gasteiger partial charge < -0.3 is 9.88 Å². The zero-order chi connectivity index (χ0) is 16.5. The van der Waals surface area contributed by atoms with Crippen molar-refractivity contribution in [2.45, 2.75) is 6.54 Å². The molecule has 1 fully saturated rings. The van der Waals surface area contributed by atoms with Crippen LogP contribution in [0.15, 0.2) is 42.6 Å². The first-order valence-electron chi connectivity index (χ1n) is 8.34. The maximum atomic E-state index is 6.45. The van der Waals surface area contributed by atoms with E-state index in [1.807, 2.05) is 12.1 Å². The lowest BCUT2D eigenvalue weighted by Crippen LogP contribution is -2.43. The minimum Gasteiger partial charge on any atom is -0.354 e. The lowest BCUT2D eigenvalue weighted by Gasteiger charge is -2.32. The highest BCUT2D eigenvalue weighted by Crippen LogP contribution is 2.34. The van der Waals surface area contributed by atoms with Crippen LogP contribution in [0.4, 0.5) is 0 Å². The molecule has 2 aromatic heterocycles. The summed E-state index contributed by atoms with van der Waals surface area (Å²) in [5.74, 6) is 0. The van der Waals surface area contributed by atoms with Gasteiger partial charge in [0.15, 0.2) is 0 Å². The van der Waals surface area contributed by atoms with Crippen LogP contribution in [0.3, 0.4) is 0 Å². The summed E-state index contributed by atoms with van der Waals surface area (Å²) in [5, 5.41) is 1.63. The zero-order valence-electron chi connectivity index (χ0n) is 13.8. The van der Waals surface area contributed by atoms with Gasteiger partial charge in [-0.2, -0.15) is 0 Å². The van der Waals surface area contributed by atoms with Gasteiger partial charge in [-0.3, -0.25) is 4.90 Å². The van der Waals surface area contributed by atoms with E-state index in [4.69, 9.17) is 11.6 Å². The van der Waals surface area contributed by atoms with E-state index in [0.29, 0.717) is 5.15 Å². The molecule has 4 rings (SSSR count). The van der Waals surface area contributed by atoms with E-state index in [0.717, 1.165) is 49.3 Å². The number of benzene rings is 1. The van der Waals surface area contributed by atoms with Gasteiger partial charge in [-0.1, -0.05) is 41.9 Å². The molecule has 0 aliphatic carbocycles. The molecule has 0 saturated carbocycles. The molecule has 0 atom stereocenters. The van der Waals surface area contributed by atoms with Crippen molar-refractivity contribution in [1.29, 1.82) is 0 Å². The Hall–Kier alpha value is -1.88. The van der Waals surface area contributed by atoms with Crippen molar-refractivity contribution in [2.24, 2.45) is 0 Å². The van der Waals surface area contributed by atoms with Gasteiger partial charge in [-0.05, 0) is 18.7 Å². The second kappa shape index (κ2) is 6.55. The smallest absolute Gasteiger partial charge is 0.138 e. The average Bonchev–Trinajstić information content (AvgIpc) is 2.98. The van der Waals surface area contributed by atoms with E-state index >= 15 is 0 Å². The van der Waals surface area contributed by atoms with Crippen LogP contribution in [0, 0.1) is 0 Å². The predicted molar refractivity (Wildman–Crippen MR) is 99.3 cm³/mol. The second-order valence-corrected chi connectivity index (χ2v) is 6.81. The van der Waals surface area contributed by atoms with Crippen molar-refractivity contribution < 1.29 is 0 Å². The van der Waals surface area contributed by atoms with Gasteiger partial charge in [0, 0.05) is 49.9 Å². The first kappa shape index (κ1) is 15.6. The highest BCUT2D eigenvalue weighted by Gasteiger charge is 2.21. The fourth-order valence-corrected chi connectivity index (χ4v) is 3.67. The van der Waals surface area contributed by atoms with Crippen molar-refractivity contribution in [1.82, 2.24) is 19.8 Å². The molecule has 24 heavy (non-hydrogen) atoms. The number of likely N-dealkylation sites (N-methyl/N-ethyl adjacent to an activating group) is 1. The summed E-state index contributed by atoms with van der Waals surface area (Å²) in [4.78, 5) is 12.7. The van der Waals surface area contributed by atoms with Crippen LogP contribution in [0.1, 0.15) is 5.56 Å². The first-order valence-corrected chi connectivity index (χ1v) is 8.71. The van der Waals surface area contributed by atoms with Gasteiger partial charge in [-0.25, -0.2) is 4.98 Å². The van der Waals surface area contributed by atoms with Crippen molar-refractivity contribution in [2.75, 3.05) is 33.2 Å². The summed E-state index contributed by atoms with van der Waals surface area (Å²) in [6, 6.07) is 12.5. The van der Waals surface area contributed by atoms with E-state index < -0.39 is 0 Å². The van der Waals surface area contributed by atoms with E-state index in [1.54, 1.807) is 6.20 Å². The van der Waals surface area contributed by atoms with E-state index in [1.165, 1.54) is 11.1 Å². The van der Waals surface area contributed by atoms with Gasteiger partial charge >= 0.3 is 0 Å². The molecule has 4 nitrogen and oxygen atoms in total. The number of hydrogen-bond donors (Lipinski definition) is 1. The molecular weight excluding hydrogens is 320 g/mol. The molecule has 1 aromatic carbocycles. The van der Waals surface area contributed by atoms with Crippen LogP contribution in [0.5, 0.6) is 0 Å². The fourth-order valence-electron chi connectivity index (χ4n) is 3.40. The van der Waals surface area contributed by atoms with Crippen molar-refractivity contribution in [3.05, 3.63) is 53.3 Å². The maximum absolute atomic E-state index is 6.45. The summed E-state index contributed by atoms with van der Waals surface area (Å²) < 4.78 is 0. The monoisotopic (exact) mass is 340 g/mol. The van der Waals surface area contributed by atoms with Crippen LogP contribution in [0.2, 0.25) is 5.15 Å². The maximum Gasteiger partial charge on any atom is 0.138 e. The minimum absolute atomic E-state index is 0.579. The third-order valence-electron chi connectivity index (χ3n) is 4.81. The molecule has 0 amide bonds. The molecule has 124 valence electrons. The molecule has 0 radical (unpaired) electrons. The Morgan fingerprint density at radius 2 is 1.83 bits per heavy atom. The molecule has 3 aromatic rings. The van der Waals surface area contributed by atoms with E-state index in [2.05, 4.69) is 51.1 Å². The van der Waals surface area contributed by atoms with E-state index in [9.17, 15) is 0 Å². The topological polar surface area (TPSA) is 35.2 Å². The number of H-pyrrole nitrogens is 1. The molecule has 1 N–H and O–H groups in total. The molecule has 0 bridgehead atoms. The van der Waals surface area contributed by atoms with Crippen molar-refractivity contribution in [3.8, 4) is 11.3 Å². The van der Waals surface area contributed by atoms with Crippen LogP contribution in [-0.4, -0.2) is 53.0 Å². The molecular formula is C19H21ClN4. The number of piperazine rings is 1. The molecule has 1 saturated heterocycles. The third-order valence-corrected chi connectivity index (χ3v) is 5.09. The van der Waals surface area contributed by atoms with Crippen molar-refractivity contribution >= 4 is 22.5 Å². The number of pyridine rings is 1. The summed E-state index contributed by atoms with van der Waals surface area (Å²) in [5.41, 5.74) is 4.64. The number of halogens is 1. The van der Waals surface area contributed by atoms with Crippen LogP contribution in [0.25, 0.3) is 22.2 Å². The fraction of sp³-hybridized carbons (Fsp3) is 0.316. The number of aromatic amines is 1. The molecule has 0 unspecified atom stereocenters. The van der Waals surface area contributed by atoms with Gasteiger partial charge in [0.1, 0.15) is 5.15 Å². The Bertz CT molecular complexity index is 835. The SMILES string of the molecule is CN1CCN(Cc2c(-c3ccccc3)[nH]c3ccnc(Cl)c23)CC1. The number of nitrogens with zero attached hydrogens (tertiary/aromatic N) is 3. The standard InChI is InChI=1S/C19H21ClN4/c1-23-9-11-24(12-10-23)13-15-17-16(7-8-21-19(17)20)22-18(15)14-5-3-2-4-6-14/h2-8,22H,9-13H2,1H3. The van der Waals surface area contributed by atoms with E-state index in [-0.39, 0.29) is 0 Å². The van der Waals surface area contributed by atoms with Gasteiger partial charge in [0.25, 0.3) is 0 Å². The van der Waals surface area contributed by atoms with Crippen LogP contribution < -0.4 is 0 Å². The summed E-state index contributed by atoms with van der Waals surface area (Å²) in [7, 11) is 2.18. The molecule has 1 aliphatic heterocycles. The quantitative estimate of drug-likeness (QED) is 0.739. The van der Waals surface area contributed by atoms with Crippen LogP contribution in [-0.2, 0) is 6.54 Å². The lowest BCUT2D eigenvalue weighted by atomic mass is 10.1.